The Morgan fingerprint density at radius 2 is 1.95 bits per heavy atom. The van der Waals surface area contributed by atoms with Gasteiger partial charge in [0, 0.05) is 22.3 Å². The molecular weight excluding hydrogens is 276 g/mol. The third-order valence-electron chi connectivity index (χ3n) is 3.92. The predicted octanol–water partition coefficient (Wildman–Crippen LogP) is 4.28. The van der Waals surface area contributed by atoms with E-state index in [-0.39, 0.29) is 12.1 Å². The fourth-order valence-corrected chi connectivity index (χ4v) is 3.91. The molecule has 2 rings (SSSR count). The van der Waals surface area contributed by atoms with Gasteiger partial charge >= 0.3 is 0 Å². The summed E-state index contributed by atoms with van der Waals surface area (Å²) in [6.07, 6.45) is 0.986. The molecule has 1 aromatic carbocycles. The Morgan fingerprint density at radius 3 is 2.52 bits per heavy atom. The molecule has 2 atom stereocenters. The molecule has 1 heterocycles. The zero-order chi connectivity index (χ0) is 15.4. The van der Waals surface area contributed by atoms with Crippen LogP contribution in [0.15, 0.2) is 36.4 Å². The number of hydrogen-bond donors (Lipinski definition) is 1. The second-order valence-corrected chi connectivity index (χ2v) is 7.19. The minimum Gasteiger partial charge on any atom is -0.326 e. The highest BCUT2D eigenvalue weighted by atomic mass is 32.1. The zero-order valence-corrected chi connectivity index (χ0v) is 14.3. The first kappa shape index (κ1) is 16.2. The molecule has 0 bridgehead atoms. The number of rotatable bonds is 6. The molecule has 0 amide bonds. The van der Waals surface area contributed by atoms with Crippen molar-refractivity contribution in [2.75, 3.05) is 7.05 Å². The van der Waals surface area contributed by atoms with Gasteiger partial charge < -0.3 is 5.73 Å². The number of nitrogens with two attached hydrogens (primary N) is 1. The SMILES string of the molecule is CCC(N)C(c1ccc(C)s1)N(C)Cc1cccc(C)c1. The molecule has 0 fully saturated rings. The maximum atomic E-state index is 6.41. The van der Waals surface area contributed by atoms with Crippen LogP contribution in [0.3, 0.4) is 0 Å². The third-order valence-corrected chi connectivity index (χ3v) is 4.99. The summed E-state index contributed by atoms with van der Waals surface area (Å²) in [5.41, 5.74) is 9.06. The lowest BCUT2D eigenvalue weighted by Gasteiger charge is -2.31. The Labute approximate surface area is 132 Å². The Hall–Kier alpha value is -1.16. The molecule has 114 valence electrons. The highest BCUT2D eigenvalue weighted by Crippen LogP contribution is 2.31. The van der Waals surface area contributed by atoms with E-state index in [1.807, 2.05) is 11.3 Å². The number of thiophene rings is 1. The molecule has 0 aliphatic carbocycles. The summed E-state index contributed by atoms with van der Waals surface area (Å²) in [6, 6.07) is 13.6. The predicted molar refractivity (Wildman–Crippen MR) is 92.7 cm³/mol. The van der Waals surface area contributed by atoms with Crippen molar-refractivity contribution in [1.29, 1.82) is 0 Å². The number of nitrogens with zero attached hydrogens (tertiary/aromatic N) is 1. The number of hydrogen-bond acceptors (Lipinski definition) is 3. The molecule has 2 aromatic rings. The molecule has 1 aromatic heterocycles. The molecular formula is C18H26N2S. The van der Waals surface area contributed by atoms with Gasteiger partial charge in [0.05, 0.1) is 6.04 Å². The highest BCUT2D eigenvalue weighted by molar-refractivity contribution is 7.12. The summed E-state index contributed by atoms with van der Waals surface area (Å²) in [6.45, 7) is 7.39. The first-order chi connectivity index (χ1) is 10.0. The normalized spacial score (nSPS) is 14.4. The van der Waals surface area contributed by atoms with E-state index >= 15 is 0 Å². The topological polar surface area (TPSA) is 29.3 Å². The van der Waals surface area contributed by atoms with Crippen molar-refractivity contribution < 1.29 is 0 Å². The molecule has 0 radical (unpaired) electrons. The van der Waals surface area contributed by atoms with Gasteiger partial charge in [-0.05, 0) is 45.0 Å². The van der Waals surface area contributed by atoms with Crippen molar-refractivity contribution in [3.63, 3.8) is 0 Å². The van der Waals surface area contributed by atoms with Gasteiger partial charge in [0.1, 0.15) is 0 Å². The fourth-order valence-electron chi connectivity index (χ4n) is 2.79. The molecule has 2 nitrogen and oxygen atoms in total. The van der Waals surface area contributed by atoms with Crippen LogP contribution in [0.25, 0.3) is 0 Å². The van der Waals surface area contributed by atoms with E-state index in [1.165, 1.54) is 20.9 Å². The van der Waals surface area contributed by atoms with Crippen LogP contribution in [0.1, 0.15) is 40.3 Å². The summed E-state index contributed by atoms with van der Waals surface area (Å²) in [5, 5.41) is 0. The van der Waals surface area contributed by atoms with Gasteiger partial charge in [0.2, 0.25) is 0 Å². The van der Waals surface area contributed by atoms with E-state index in [2.05, 4.69) is 69.1 Å². The lowest BCUT2D eigenvalue weighted by molar-refractivity contribution is 0.205. The van der Waals surface area contributed by atoms with Crippen LogP contribution in [0.5, 0.6) is 0 Å². The van der Waals surface area contributed by atoms with Crippen molar-refractivity contribution in [2.45, 2.75) is 45.8 Å². The third kappa shape index (κ3) is 4.16. The molecule has 0 saturated heterocycles. The molecule has 0 aliphatic heterocycles. The molecule has 0 aliphatic rings. The Kier molecular flexibility index (Phi) is 5.57. The lowest BCUT2D eigenvalue weighted by Crippen LogP contribution is -2.38. The van der Waals surface area contributed by atoms with Crippen LogP contribution in [0, 0.1) is 13.8 Å². The van der Waals surface area contributed by atoms with Crippen molar-refractivity contribution in [2.24, 2.45) is 5.73 Å². The van der Waals surface area contributed by atoms with Crippen molar-refractivity contribution in [3.05, 3.63) is 57.3 Å². The standard InChI is InChI=1S/C18H26N2S/c1-5-16(19)18(17-10-9-14(3)21-17)20(4)12-15-8-6-7-13(2)11-15/h6-11,16,18H,5,12,19H2,1-4H3. The van der Waals surface area contributed by atoms with Gasteiger partial charge in [-0.1, -0.05) is 36.8 Å². The van der Waals surface area contributed by atoms with Crippen LogP contribution in [-0.4, -0.2) is 18.0 Å². The number of aryl methyl sites for hydroxylation is 2. The first-order valence-electron chi connectivity index (χ1n) is 7.59. The quantitative estimate of drug-likeness (QED) is 0.863. The van der Waals surface area contributed by atoms with Gasteiger partial charge in [-0.25, -0.2) is 0 Å². The van der Waals surface area contributed by atoms with E-state index in [9.17, 15) is 0 Å². The van der Waals surface area contributed by atoms with E-state index in [0.29, 0.717) is 0 Å². The van der Waals surface area contributed by atoms with Crippen LogP contribution in [0.2, 0.25) is 0 Å². The van der Waals surface area contributed by atoms with Crippen LogP contribution in [0.4, 0.5) is 0 Å². The summed E-state index contributed by atoms with van der Waals surface area (Å²) in [7, 11) is 2.18. The monoisotopic (exact) mass is 302 g/mol. The fraction of sp³-hybridized carbons (Fsp3) is 0.444. The lowest BCUT2D eigenvalue weighted by atomic mass is 10.0. The smallest absolute Gasteiger partial charge is 0.0593 e. The molecule has 3 heteroatoms. The average Bonchev–Trinajstić information content (AvgIpc) is 2.85. The molecule has 0 saturated carbocycles. The summed E-state index contributed by atoms with van der Waals surface area (Å²) in [5.74, 6) is 0. The summed E-state index contributed by atoms with van der Waals surface area (Å²) < 4.78 is 0. The van der Waals surface area contributed by atoms with Crippen molar-refractivity contribution >= 4 is 11.3 Å². The summed E-state index contributed by atoms with van der Waals surface area (Å²) >= 11 is 1.86. The highest BCUT2D eigenvalue weighted by Gasteiger charge is 2.24. The van der Waals surface area contributed by atoms with Gasteiger partial charge in [-0.3, -0.25) is 4.90 Å². The molecule has 2 unspecified atom stereocenters. The first-order valence-corrected chi connectivity index (χ1v) is 8.40. The van der Waals surface area contributed by atoms with Gasteiger partial charge in [0.15, 0.2) is 0 Å². The Balaban J connectivity index is 2.20. The van der Waals surface area contributed by atoms with E-state index in [1.54, 1.807) is 0 Å². The molecule has 2 N–H and O–H groups in total. The van der Waals surface area contributed by atoms with Crippen LogP contribution in [-0.2, 0) is 6.54 Å². The minimum absolute atomic E-state index is 0.165. The molecule has 0 spiro atoms. The second kappa shape index (κ2) is 7.21. The van der Waals surface area contributed by atoms with Gasteiger partial charge in [-0.15, -0.1) is 11.3 Å². The summed E-state index contributed by atoms with van der Waals surface area (Å²) in [4.78, 5) is 5.10. The number of likely N-dealkylation sites (N-methyl/N-ethyl adjacent to an activating group) is 1. The van der Waals surface area contributed by atoms with Crippen LogP contribution < -0.4 is 5.73 Å². The second-order valence-electron chi connectivity index (χ2n) is 5.87. The maximum absolute atomic E-state index is 6.41. The number of benzene rings is 1. The zero-order valence-electron chi connectivity index (χ0n) is 13.5. The van der Waals surface area contributed by atoms with Gasteiger partial charge in [0.25, 0.3) is 0 Å². The minimum atomic E-state index is 0.165. The van der Waals surface area contributed by atoms with Crippen LogP contribution >= 0.6 is 11.3 Å². The largest absolute Gasteiger partial charge is 0.326 e. The van der Waals surface area contributed by atoms with E-state index in [0.717, 1.165) is 13.0 Å². The van der Waals surface area contributed by atoms with E-state index < -0.39 is 0 Å². The van der Waals surface area contributed by atoms with Gasteiger partial charge in [-0.2, -0.15) is 0 Å². The van der Waals surface area contributed by atoms with E-state index in [4.69, 9.17) is 5.73 Å². The van der Waals surface area contributed by atoms with Crippen molar-refractivity contribution in [1.82, 2.24) is 4.90 Å². The maximum Gasteiger partial charge on any atom is 0.0593 e. The Morgan fingerprint density at radius 1 is 1.19 bits per heavy atom. The Bertz CT molecular complexity index is 576. The van der Waals surface area contributed by atoms with Crippen molar-refractivity contribution in [3.8, 4) is 0 Å². The average molecular weight is 302 g/mol. The molecule has 21 heavy (non-hydrogen) atoms.